The predicted octanol–water partition coefficient (Wildman–Crippen LogP) is 4.96. The Morgan fingerprint density at radius 3 is 2.35 bits per heavy atom. The highest BCUT2D eigenvalue weighted by Gasteiger charge is 2.20. The van der Waals surface area contributed by atoms with Crippen LogP contribution in [0, 0.1) is 3.57 Å². The van der Waals surface area contributed by atoms with Gasteiger partial charge in [0.2, 0.25) is 5.88 Å². The fourth-order valence-corrected chi connectivity index (χ4v) is 3.19. The number of benzene rings is 2. The molecule has 0 aliphatic carbocycles. The highest BCUT2D eigenvalue weighted by atomic mass is 127. The summed E-state index contributed by atoms with van der Waals surface area (Å²) in [6, 6.07) is 15.9. The average Bonchev–Trinajstić information content (AvgIpc) is 2.82. The molecule has 3 rings (SSSR count). The van der Waals surface area contributed by atoms with E-state index in [0.29, 0.717) is 5.88 Å². The molecule has 0 saturated heterocycles. The Balaban J connectivity index is 2.26. The van der Waals surface area contributed by atoms with Crippen molar-refractivity contribution in [2.45, 2.75) is 0 Å². The summed E-state index contributed by atoms with van der Waals surface area (Å²) in [6.07, 6.45) is 0. The molecule has 3 aromatic rings. The quantitative estimate of drug-likeness (QED) is 0.573. The molecule has 1 aromatic heterocycles. The number of halogens is 2. The van der Waals surface area contributed by atoms with Crippen LogP contribution in [0.5, 0.6) is 0 Å². The van der Waals surface area contributed by atoms with Gasteiger partial charge in [-0.25, -0.2) is 0 Å². The summed E-state index contributed by atoms with van der Waals surface area (Å²) >= 11 is 5.83. The standard InChI is InChI=1S/C15H10BrIN2O/c16-11-7-3-1-5-9(11)13-14(19-20-15(13)18)10-6-2-4-8-12(10)17/h1-8H,18H2. The van der Waals surface area contributed by atoms with E-state index in [-0.39, 0.29) is 0 Å². The summed E-state index contributed by atoms with van der Waals surface area (Å²) in [5, 5.41) is 4.14. The highest BCUT2D eigenvalue weighted by molar-refractivity contribution is 14.1. The maximum absolute atomic E-state index is 5.98. The molecule has 2 N–H and O–H groups in total. The Kier molecular flexibility index (Phi) is 3.80. The third-order valence-corrected chi connectivity index (χ3v) is 4.62. The first-order chi connectivity index (χ1) is 9.68. The van der Waals surface area contributed by atoms with Crippen LogP contribution in [0.1, 0.15) is 0 Å². The summed E-state index contributed by atoms with van der Waals surface area (Å²) in [6.45, 7) is 0. The molecule has 0 aliphatic rings. The zero-order valence-electron chi connectivity index (χ0n) is 10.3. The van der Waals surface area contributed by atoms with Gasteiger partial charge < -0.3 is 10.3 Å². The molecule has 0 fully saturated rings. The van der Waals surface area contributed by atoms with E-state index in [9.17, 15) is 0 Å². The molecule has 0 amide bonds. The molecular weight excluding hydrogens is 431 g/mol. The number of hydrogen-bond acceptors (Lipinski definition) is 3. The lowest BCUT2D eigenvalue weighted by Gasteiger charge is -2.06. The molecule has 0 saturated carbocycles. The smallest absolute Gasteiger partial charge is 0.230 e. The molecule has 3 nitrogen and oxygen atoms in total. The van der Waals surface area contributed by atoms with E-state index in [4.69, 9.17) is 10.3 Å². The normalized spacial score (nSPS) is 10.7. The molecule has 0 bridgehead atoms. The second-order valence-corrected chi connectivity index (χ2v) is 6.25. The summed E-state index contributed by atoms with van der Waals surface area (Å²) in [5.41, 5.74) is 9.55. The minimum Gasteiger partial charge on any atom is -0.367 e. The Morgan fingerprint density at radius 2 is 1.65 bits per heavy atom. The molecular formula is C15H10BrIN2O. The molecule has 0 unspecified atom stereocenters. The number of anilines is 1. The van der Waals surface area contributed by atoms with Crippen molar-refractivity contribution in [3.63, 3.8) is 0 Å². The van der Waals surface area contributed by atoms with Crippen molar-refractivity contribution >= 4 is 44.4 Å². The largest absolute Gasteiger partial charge is 0.367 e. The van der Waals surface area contributed by atoms with Crippen LogP contribution < -0.4 is 5.73 Å². The van der Waals surface area contributed by atoms with Crippen LogP contribution >= 0.6 is 38.5 Å². The molecule has 0 spiro atoms. The fourth-order valence-electron chi connectivity index (χ4n) is 2.06. The van der Waals surface area contributed by atoms with Crippen molar-refractivity contribution < 1.29 is 4.52 Å². The van der Waals surface area contributed by atoms with Gasteiger partial charge >= 0.3 is 0 Å². The minimum atomic E-state index is 0.326. The van der Waals surface area contributed by atoms with E-state index in [1.165, 1.54) is 0 Å². The molecule has 100 valence electrons. The first kappa shape index (κ1) is 13.6. The Bertz CT molecular complexity index is 770. The van der Waals surface area contributed by atoms with Gasteiger partial charge in [0.25, 0.3) is 0 Å². The van der Waals surface area contributed by atoms with E-state index < -0.39 is 0 Å². The van der Waals surface area contributed by atoms with Crippen LogP contribution in [0.2, 0.25) is 0 Å². The molecule has 0 aliphatic heterocycles. The predicted molar refractivity (Wildman–Crippen MR) is 92.2 cm³/mol. The van der Waals surface area contributed by atoms with Crippen molar-refractivity contribution in [3.8, 4) is 22.4 Å². The topological polar surface area (TPSA) is 52.0 Å². The van der Waals surface area contributed by atoms with E-state index in [1.807, 2.05) is 48.5 Å². The lowest BCUT2D eigenvalue weighted by Crippen LogP contribution is -1.90. The fraction of sp³-hybridized carbons (Fsp3) is 0. The zero-order chi connectivity index (χ0) is 14.1. The van der Waals surface area contributed by atoms with Gasteiger partial charge in [0.1, 0.15) is 5.69 Å². The number of nitrogen functional groups attached to an aromatic ring is 1. The van der Waals surface area contributed by atoms with Crippen LogP contribution in [0.3, 0.4) is 0 Å². The maximum atomic E-state index is 5.98. The number of nitrogens with two attached hydrogens (primary N) is 1. The van der Waals surface area contributed by atoms with Gasteiger partial charge in [-0.3, -0.25) is 0 Å². The summed E-state index contributed by atoms with van der Waals surface area (Å²) in [4.78, 5) is 0. The van der Waals surface area contributed by atoms with E-state index in [1.54, 1.807) is 0 Å². The minimum absolute atomic E-state index is 0.326. The van der Waals surface area contributed by atoms with Gasteiger partial charge in [-0.15, -0.1) is 0 Å². The second kappa shape index (κ2) is 5.57. The van der Waals surface area contributed by atoms with Gasteiger partial charge in [-0.2, -0.15) is 0 Å². The molecule has 0 radical (unpaired) electrons. The highest BCUT2D eigenvalue weighted by Crippen LogP contribution is 2.40. The third kappa shape index (κ3) is 2.35. The summed E-state index contributed by atoms with van der Waals surface area (Å²) in [7, 11) is 0. The van der Waals surface area contributed by atoms with Crippen LogP contribution in [0.25, 0.3) is 22.4 Å². The molecule has 0 atom stereocenters. The maximum Gasteiger partial charge on any atom is 0.230 e. The van der Waals surface area contributed by atoms with E-state index in [0.717, 1.165) is 30.4 Å². The number of rotatable bonds is 2. The van der Waals surface area contributed by atoms with Crippen LogP contribution in [-0.2, 0) is 0 Å². The number of hydrogen-bond donors (Lipinski definition) is 1. The van der Waals surface area contributed by atoms with Gasteiger partial charge in [0, 0.05) is 19.2 Å². The Labute approximate surface area is 138 Å². The SMILES string of the molecule is Nc1onc(-c2ccccc2I)c1-c1ccccc1Br. The van der Waals surface area contributed by atoms with Crippen LogP contribution in [0.15, 0.2) is 57.5 Å². The van der Waals surface area contributed by atoms with Gasteiger partial charge in [-0.05, 0) is 34.7 Å². The summed E-state index contributed by atoms with van der Waals surface area (Å²) in [5.74, 6) is 0.326. The third-order valence-electron chi connectivity index (χ3n) is 2.99. The van der Waals surface area contributed by atoms with Crippen molar-refractivity contribution in [1.82, 2.24) is 5.16 Å². The number of aromatic nitrogens is 1. The Morgan fingerprint density at radius 1 is 1.00 bits per heavy atom. The second-order valence-electron chi connectivity index (χ2n) is 4.23. The van der Waals surface area contributed by atoms with E-state index in [2.05, 4.69) is 43.7 Å². The van der Waals surface area contributed by atoms with Crippen molar-refractivity contribution in [1.29, 1.82) is 0 Å². The lowest BCUT2D eigenvalue weighted by molar-refractivity contribution is 0.439. The average molecular weight is 441 g/mol. The lowest BCUT2D eigenvalue weighted by atomic mass is 10.0. The monoisotopic (exact) mass is 440 g/mol. The van der Waals surface area contributed by atoms with Crippen LogP contribution in [0.4, 0.5) is 5.88 Å². The first-order valence-corrected chi connectivity index (χ1v) is 7.80. The molecule has 2 aromatic carbocycles. The van der Waals surface area contributed by atoms with E-state index >= 15 is 0 Å². The Hall–Kier alpha value is -1.34. The van der Waals surface area contributed by atoms with Gasteiger partial charge in [-0.1, -0.05) is 57.5 Å². The van der Waals surface area contributed by atoms with Crippen LogP contribution in [-0.4, -0.2) is 5.16 Å². The zero-order valence-corrected chi connectivity index (χ0v) is 14.1. The van der Waals surface area contributed by atoms with Gasteiger partial charge in [0.15, 0.2) is 0 Å². The van der Waals surface area contributed by atoms with Crippen molar-refractivity contribution in [2.24, 2.45) is 0 Å². The molecule has 20 heavy (non-hydrogen) atoms. The number of nitrogens with zero attached hydrogens (tertiary/aromatic N) is 1. The summed E-state index contributed by atoms with van der Waals surface area (Å²) < 4.78 is 7.28. The van der Waals surface area contributed by atoms with Crippen molar-refractivity contribution in [2.75, 3.05) is 5.73 Å². The van der Waals surface area contributed by atoms with Crippen molar-refractivity contribution in [3.05, 3.63) is 56.6 Å². The molecule has 5 heteroatoms. The molecule has 1 heterocycles. The van der Waals surface area contributed by atoms with Gasteiger partial charge in [0.05, 0.1) is 5.56 Å². The first-order valence-electron chi connectivity index (χ1n) is 5.93.